The smallest absolute Gasteiger partial charge is 0.326 e. The van der Waals surface area contributed by atoms with Crippen LogP contribution in [0.15, 0.2) is 24.3 Å². The number of carboxylic acid groups (broad SMARTS) is 1. The fourth-order valence-electron chi connectivity index (χ4n) is 2.25. The first-order valence-corrected chi connectivity index (χ1v) is 7.43. The molecule has 0 saturated carbocycles. The van der Waals surface area contributed by atoms with Gasteiger partial charge in [-0.15, -0.1) is 5.10 Å². The van der Waals surface area contributed by atoms with Crippen molar-refractivity contribution in [1.82, 2.24) is 20.3 Å². The molecule has 2 N–H and O–H groups in total. The number of benzene rings is 1. The molecule has 1 atom stereocenters. The zero-order valence-electron chi connectivity index (χ0n) is 13.8. The molecule has 1 amide bonds. The molecule has 10 nitrogen and oxygen atoms in total. The molecule has 0 unspecified atom stereocenters. The molecule has 0 radical (unpaired) electrons. The Morgan fingerprint density at radius 1 is 1.36 bits per heavy atom. The minimum atomic E-state index is -1.15. The SMILES string of the molecule is Cc1c(C(=O)N[C@H](C(=O)O)C(C)C)nnn1-c1cccc([N+](=O)[O-])c1. The van der Waals surface area contributed by atoms with Gasteiger partial charge in [-0.25, -0.2) is 9.48 Å². The number of carboxylic acids is 1. The number of nitrogens with one attached hydrogen (secondary N) is 1. The number of amides is 1. The van der Waals surface area contributed by atoms with E-state index in [-0.39, 0.29) is 17.3 Å². The maximum atomic E-state index is 12.3. The molecule has 2 rings (SSSR count). The second-order valence-corrected chi connectivity index (χ2v) is 5.75. The average Bonchev–Trinajstić information content (AvgIpc) is 2.93. The standard InChI is InChI=1S/C15H17N5O5/c1-8(2)12(15(22)23)16-14(21)13-9(3)19(18-17-13)10-5-4-6-11(7-10)20(24)25/h4-8,12H,1-3H3,(H,16,21)(H,22,23)/t12-/m0/s1. The number of carbonyl (C=O) groups excluding carboxylic acids is 1. The van der Waals surface area contributed by atoms with Gasteiger partial charge in [0.1, 0.15) is 6.04 Å². The summed E-state index contributed by atoms with van der Waals surface area (Å²) in [5.74, 6) is -2.13. The van der Waals surface area contributed by atoms with Gasteiger partial charge in [-0.3, -0.25) is 14.9 Å². The van der Waals surface area contributed by atoms with Gasteiger partial charge in [-0.1, -0.05) is 25.1 Å². The normalized spacial score (nSPS) is 12.0. The fourth-order valence-corrected chi connectivity index (χ4v) is 2.25. The number of non-ortho nitro benzene ring substituents is 1. The van der Waals surface area contributed by atoms with Crippen molar-refractivity contribution in [1.29, 1.82) is 0 Å². The maximum Gasteiger partial charge on any atom is 0.326 e. The Balaban J connectivity index is 2.32. The zero-order valence-corrected chi connectivity index (χ0v) is 13.8. The van der Waals surface area contributed by atoms with Crippen LogP contribution in [0.1, 0.15) is 30.0 Å². The summed E-state index contributed by atoms with van der Waals surface area (Å²) in [6, 6.07) is 4.66. The van der Waals surface area contributed by atoms with Gasteiger partial charge in [0.05, 0.1) is 16.3 Å². The summed E-state index contributed by atoms with van der Waals surface area (Å²) in [6.07, 6.45) is 0. The van der Waals surface area contributed by atoms with Crippen molar-refractivity contribution in [3.63, 3.8) is 0 Å². The highest BCUT2D eigenvalue weighted by atomic mass is 16.6. The van der Waals surface area contributed by atoms with Gasteiger partial charge in [0.2, 0.25) is 0 Å². The summed E-state index contributed by atoms with van der Waals surface area (Å²) in [4.78, 5) is 33.8. The van der Waals surface area contributed by atoms with Crippen LogP contribution < -0.4 is 5.32 Å². The summed E-state index contributed by atoms with van der Waals surface area (Å²) in [5, 5.41) is 30.0. The van der Waals surface area contributed by atoms with Crippen molar-refractivity contribution in [2.45, 2.75) is 26.8 Å². The Labute approximate surface area is 142 Å². The lowest BCUT2D eigenvalue weighted by molar-refractivity contribution is -0.384. The summed E-state index contributed by atoms with van der Waals surface area (Å²) in [6.45, 7) is 4.91. The van der Waals surface area contributed by atoms with E-state index < -0.39 is 22.8 Å². The Morgan fingerprint density at radius 3 is 2.60 bits per heavy atom. The van der Waals surface area contributed by atoms with Gasteiger partial charge < -0.3 is 10.4 Å². The van der Waals surface area contributed by atoms with E-state index in [1.54, 1.807) is 26.8 Å². The monoisotopic (exact) mass is 347 g/mol. The van der Waals surface area contributed by atoms with Crippen molar-refractivity contribution in [2.24, 2.45) is 5.92 Å². The molecule has 0 spiro atoms. The predicted octanol–water partition coefficient (Wildman–Crippen LogP) is 1.32. The molecule has 0 aliphatic heterocycles. The third kappa shape index (κ3) is 3.79. The third-order valence-electron chi connectivity index (χ3n) is 3.61. The lowest BCUT2D eigenvalue weighted by Gasteiger charge is -2.17. The summed E-state index contributed by atoms with van der Waals surface area (Å²) in [5.41, 5.74) is 0.547. The predicted molar refractivity (Wildman–Crippen MR) is 86.5 cm³/mol. The number of nitrogens with zero attached hydrogens (tertiary/aromatic N) is 4. The minimum absolute atomic E-state index is 0.0431. The van der Waals surface area contributed by atoms with Gasteiger partial charge >= 0.3 is 5.97 Å². The fraction of sp³-hybridized carbons (Fsp3) is 0.333. The van der Waals surface area contributed by atoms with Gasteiger partial charge in [0.25, 0.3) is 11.6 Å². The Morgan fingerprint density at radius 2 is 2.04 bits per heavy atom. The van der Waals surface area contributed by atoms with Crippen LogP contribution in [0.3, 0.4) is 0 Å². The number of nitro benzene ring substituents is 1. The van der Waals surface area contributed by atoms with Crippen molar-refractivity contribution < 1.29 is 19.6 Å². The molecule has 25 heavy (non-hydrogen) atoms. The largest absolute Gasteiger partial charge is 0.480 e. The first kappa shape index (κ1) is 18.0. The molecular weight excluding hydrogens is 330 g/mol. The molecule has 0 aliphatic rings. The molecule has 132 valence electrons. The second kappa shape index (κ2) is 7.07. The third-order valence-corrected chi connectivity index (χ3v) is 3.61. The van der Waals surface area contributed by atoms with E-state index in [0.717, 1.165) is 0 Å². The van der Waals surface area contributed by atoms with E-state index in [2.05, 4.69) is 15.6 Å². The van der Waals surface area contributed by atoms with Crippen molar-refractivity contribution >= 4 is 17.6 Å². The number of carbonyl (C=O) groups is 2. The summed E-state index contributed by atoms with van der Waals surface area (Å²) in [7, 11) is 0. The minimum Gasteiger partial charge on any atom is -0.480 e. The number of rotatable bonds is 6. The van der Waals surface area contributed by atoms with Crippen molar-refractivity contribution in [2.75, 3.05) is 0 Å². The van der Waals surface area contributed by atoms with Crippen LogP contribution in [-0.2, 0) is 4.79 Å². The summed E-state index contributed by atoms with van der Waals surface area (Å²) >= 11 is 0. The van der Waals surface area contributed by atoms with Crippen LogP contribution in [-0.4, -0.2) is 42.9 Å². The van der Waals surface area contributed by atoms with Gasteiger partial charge in [-0.05, 0) is 18.9 Å². The molecule has 2 aromatic rings. The maximum absolute atomic E-state index is 12.3. The van der Waals surface area contributed by atoms with Crippen LogP contribution in [0.25, 0.3) is 5.69 Å². The number of nitro groups is 1. The van der Waals surface area contributed by atoms with E-state index in [1.807, 2.05) is 0 Å². The molecular formula is C15H17N5O5. The molecule has 1 aromatic carbocycles. The molecule has 0 fully saturated rings. The first-order valence-electron chi connectivity index (χ1n) is 7.43. The van der Waals surface area contributed by atoms with E-state index in [1.165, 1.54) is 22.9 Å². The van der Waals surface area contributed by atoms with Crippen LogP contribution in [0.2, 0.25) is 0 Å². The second-order valence-electron chi connectivity index (χ2n) is 5.75. The quantitative estimate of drug-likeness (QED) is 0.593. The lowest BCUT2D eigenvalue weighted by Crippen LogP contribution is -2.44. The first-order chi connectivity index (χ1) is 11.7. The van der Waals surface area contributed by atoms with E-state index in [9.17, 15) is 19.7 Å². The van der Waals surface area contributed by atoms with Crippen LogP contribution in [0.4, 0.5) is 5.69 Å². The topological polar surface area (TPSA) is 140 Å². The Kier molecular flexibility index (Phi) is 5.11. The van der Waals surface area contributed by atoms with E-state index in [4.69, 9.17) is 5.11 Å². The van der Waals surface area contributed by atoms with Gasteiger partial charge in [0.15, 0.2) is 5.69 Å². The van der Waals surface area contributed by atoms with Crippen LogP contribution >= 0.6 is 0 Å². The molecule has 0 saturated heterocycles. The number of hydrogen-bond donors (Lipinski definition) is 2. The number of aromatic nitrogens is 3. The Hall–Kier alpha value is -3.30. The van der Waals surface area contributed by atoms with Crippen molar-refractivity contribution in [3.05, 3.63) is 45.8 Å². The van der Waals surface area contributed by atoms with Crippen LogP contribution in [0.5, 0.6) is 0 Å². The highest BCUT2D eigenvalue weighted by molar-refractivity contribution is 5.95. The Bertz CT molecular complexity index is 829. The molecule has 1 heterocycles. The number of hydrogen-bond acceptors (Lipinski definition) is 6. The zero-order chi connectivity index (χ0) is 18.7. The molecule has 1 aromatic heterocycles. The average molecular weight is 347 g/mol. The van der Waals surface area contributed by atoms with Gasteiger partial charge in [-0.2, -0.15) is 0 Å². The van der Waals surface area contributed by atoms with Crippen molar-refractivity contribution in [3.8, 4) is 5.69 Å². The molecule has 10 heteroatoms. The highest BCUT2D eigenvalue weighted by Crippen LogP contribution is 2.18. The van der Waals surface area contributed by atoms with Crippen LogP contribution in [0, 0.1) is 23.0 Å². The van der Waals surface area contributed by atoms with Gasteiger partial charge in [0, 0.05) is 12.1 Å². The lowest BCUT2D eigenvalue weighted by atomic mass is 10.0. The molecule has 0 bridgehead atoms. The van der Waals surface area contributed by atoms with E-state index >= 15 is 0 Å². The summed E-state index contributed by atoms with van der Waals surface area (Å²) < 4.78 is 1.28. The van der Waals surface area contributed by atoms with E-state index in [0.29, 0.717) is 11.4 Å². The highest BCUT2D eigenvalue weighted by Gasteiger charge is 2.26. The number of aliphatic carboxylic acids is 1. The molecule has 0 aliphatic carbocycles.